The Morgan fingerprint density at radius 2 is 2.05 bits per heavy atom. The number of anilines is 1. The second kappa shape index (κ2) is 6.50. The van der Waals surface area contributed by atoms with Gasteiger partial charge < -0.3 is 5.11 Å². The molecule has 0 atom stereocenters. The zero-order valence-electron chi connectivity index (χ0n) is 11.4. The predicted octanol–water partition coefficient (Wildman–Crippen LogP) is 1.20. The number of carboxylic acid groups (broad SMARTS) is 1. The maximum Gasteiger partial charge on any atom is 0.338 e. The summed E-state index contributed by atoms with van der Waals surface area (Å²) in [6, 6.07) is 2.85. The van der Waals surface area contributed by atoms with Gasteiger partial charge in [-0.15, -0.1) is 0 Å². The van der Waals surface area contributed by atoms with Gasteiger partial charge in [0.2, 0.25) is 0 Å². The van der Waals surface area contributed by atoms with Gasteiger partial charge in [-0.25, -0.2) is 4.79 Å². The molecule has 1 rings (SSSR count). The molecule has 0 aliphatic heterocycles. The van der Waals surface area contributed by atoms with Crippen molar-refractivity contribution in [1.29, 1.82) is 0 Å². The fourth-order valence-electron chi connectivity index (χ4n) is 1.37. The molecule has 0 aliphatic rings. The summed E-state index contributed by atoms with van der Waals surface area (Å²) in [6.07, 6.45) is 0. The van der Waals surface area contributed by atoms with E-state index >= 15 is 0 Å². The molecule has 0 radical (unpaired) electrons. The Balaban J connectivity index is 3.08. The average Bonchev–Trinajstić information content (AvgIpc) is 2.36. The van der Waals surface area contributed by atoms with Crippen molar-refractivity contribution in [2.45, 2.75) is 13.8 Å². The van der Waals surface area contributed by atoms with Gasteiger partial charge in [0.15, 0.2) is 0 Å². The second-order valence-electron chi connectivity index (χ2n) is 4.64. The summed E-state index contributed by atoms with van der Waals surface area (Å²) in [4.78, 5) is 20.9. The smallest absolute Gasteiger partial charge is 0.338 e. The molecule has 0 saturated heterocycles. The van der Waals surface area contributed by atoms with Crippen LogP contribution in [-0.2, 0) is 10.2 Å². The van der Waals surface area contributed by atoms with E-state index in [0.717, 1.165) is 18.2 Å². The quantitative estimate of drug-likeness (QED) is 0.510. The minimum Gasteiger partial charge on any atom is -0.478 e. The van der Waals surface area contributed by atoms with Gasteiger partial charge >= 0.3 is 5.97 Å². The van der Waals surface area contributed by atoms with Gasteiger partial charge in [-0.2, -0.15) is 13.1 Å². The lowest BCUT2D eigenvalue weighted by atomic mass is 10.1. The molecular weight excluding hydrogens is 302 g/mol. The third kappa shape index (κ3) is 5.00. The number of non-ortho nitro benzene ring substituents is 1. The number of nitro benzene ring substituents is 1. The molecule has 0 spiro atoms. The van der Waals surface area contributed by atoms with Gasteiger partial charge in [-0.1, -0.05) is 13.8 Å². The number of carboxylic acids is 1. The van der Waals surface area contributed by atoms with Crippen LogP contribution in [0.25, 0.3) is 0 Å². The fraction of sp³-hybridized carbons (Fsp3) is 0.364. The van der Waals surface area contributed by atoms with Crippen molar-refractivity contribution in [2.24, 2.45) is 5.92 Å². The van der Waals surface area contributed by atoms with Crippen LogP contribution in [0.15, 0.2) is 18.2 Å². The summed E-state index contributed by atoms with van der Waals surface area (Å²) in [6.45, 7) is 3.78. The van der Waals surface area contributed by atoms with Crippen LogP contribution in [0.5, 0.6) is 0 Å². The van der Waals surface area contributed by atoms with Crippen molar-refractivity contribution in [3.05, 3.63) is 33.9 Å². The van der Waals surface area contributed by atoms with E-state index in [4.69, 9.17) is 5.11 Å². The van der Waals surface area contributed by atoms with Gasteiger partial charge in [0.25, 0.3) is 15.9 Å². The number of benzene rings is 1. The van der Waals surface area contributed by atoms with Crippen LogP contribution in [0.3, 0.4) is 0 Å². The first-order valence-electron chi connectivity index (χ1n) is 5.91. The lowest BCUT2D eigenvalue weighted by Gasteiger charge is -2.12. The van der Waals surface area contributed by atoms with E-state index in [0.29, 0.717) is 0 Å². The monoisotopic (exact) mass is 317 g/mol. The maximum absolute atomic E-state index is 11.7. The van der Waals surface area contributed by atoms with Crippen LogP contribution < -0.4 is 9.44 Å². The molecule has 10 heteroatoms. The Labute approximate surface area is 121 Å². The van der Waals surface area contributed by atoms with Crippen LogP contribution in [0.2, 0.25) is 0 Å². The highest BCUT2D eigenvalue weighted by atomic mass is 32.2. The highest BCUT2D eigenvalue weighted by Gasteiger charge is 2.19. The number of rotatable bonds is 7. The number of nitro groups is 1. The lowest BCUT2D eigenvalue weighted by molar-refractivity contribution is -0.384. The molecule has 116 valence electrons. The van der Waals surface area contributed by atoms with E-state index in [2.05, 4.69) is 4.72 Å². The normalized spacial score (nSPS) is 11.4. The summed E-state index contributed by atoms with van der Waals surface area (Å²) in [5.41, 5.74) is -1.19. The standard InChI is InChI=1S/C11H15N3O6S/c1-7(2)6-12-21(19,20)13-10-4-3-8(14(17)18)5-9(10)11(15)16/h3-5,7,12-13H,6H2,1-2H3,(H,15,16). The lowest BCUT2D eigenvalue weighted by Crippen LogP contribution is -2.33. The third-order valence-corrected chi connectivity index (χ3v) is 3.41. The topological polar surface area (TPSA) is 139 Å². The Kier molecular flexibility index (Phi) is 5.22. The molecule has 0 amide bonds. The highest BCUT2D eigenvalue weighted by molar-refractivity contribution is 7.90. The molecule has 0 aliphatic carbocycles. The number of nitrogens with one attached hydrogen (secondary N) is 2. The van der Waals surface area contributed by atoms with Crippen molar-refractivity contribution >= 4 is 27.6 Å². The number of aromatic carboxylic acids is 1. The summed E-state index contributed by atoms with van der Waals surface area (Å²) >= 11 is 0. The summed E-state index contributed by atoms with van der Waals surface area (Å²) in [7, 11) is -3.95. The Hall–Kier alpha value is -2.20. The minimum absolute atomic E-state index is 0.0670. The van der Waals surface area contributed by atoms with E-state index in [1.54, 1.807) is 13.8 Å². The second-order valence-corrected chi connectivity index (χ2v) is 6.14. The van der Waals surface area contributed by atoms with Gasteiger partial charge in [-0.05, 0) is 12.0 Å². The van der Waals surface area contributed by atoms with E-state index in [1.807, 2.05) is 4.72 Å². The van der Waals surface area contributed by atoms with Crippen molar-refractivity contribution < 1.29 is 23.2 Å². The van der Waals surface area contributed by atoms with Crippen molar-refractivity contribution in [1.82, 2.24) is 4.72 Å². The Bertz CT molecular complexity index is 656. The van der Waals surface area contributed by atoms with Crippen LogP contribution in [0.1, 0.15) is 24.2 Å². The Morgan fingerprint density at radius 1 is 1.43 bits per heavy atom. The first-order chi connectivity index (χ1) is 9.62. The molecule has 9 nitrogen and oxygen atoms in total. The van der Waals surface area contributed by atoms with Crippen molar-refractivity contribution in [3.63, 3.8) is 0 Å². The van der Waals surface area contributed by atoms with Gasteiger partial charge in [0, 0.05) is 18.7 Å². The summed E-state index contributed by atoms with van der Waals surface area (Å²) in [5, 5.41) is 19.6. The Morgan fingerprint density at radius 3 is 2.52 bits per heavy atom. The van der Waals surface area contributed by atoms with Crippen molar-refractivity contribution in [3.8, 4) is 0 Å². The van der Waals surface area contributed by atoms with Crippen LogP contribution in [0, 0.1) is 16.0 Å². The molecule has 0 bridgehead atoms. The molecule has 0 heterocycles. The van der Waals surface area contributed by atoms with Crippen LogP contribution in [-0.4, -0.2) is 31.0 Å². The molecule has 0 saturated carbocycles. The number of hydrogen-bond acceptors (Lipinski definition) is 5. The zero-order chi connectivity index (χ0) is 16.2. The summed E-state index contributed by atoms with van der Waals surface area (Å²) < 4.78 is 27.8. The minimum atomic E-state index is -3.95. The highest BCUT2D eigenvalue weighted by Crippen LogP contribution is 2.22. The molecule has 0 unspecified atom stereocenters. The fourth-order valence-corrected chi connectivity index (χ4v) is 2.46. The largest absolute Gasteiger partial charge is 0.478 e. The van der Waals surface area contributed by atoms with Crippen molar-refractivity contribution in [2.75, 3.05) is 11.3 Å². The first kappa shape index (κ1) is 16.9. The van der Waals surface area contributed by atoms with E-state index in [-0.39, 0.29) is 18.2 Å². The molecule has 0 fully saturated rings. The number of nitrogens with zero attached hydrogens (tertiary/aromatic N) is 1. The SMILES string of the molecule is CC(C)CNS(=O)(=O)Nc1ccc([N+](=O)[O-])cc1C(=O)O. The third-order valence-electron chi connectivity index (χ3n) is 2.37. The maximum atomic E-state index is 11.7. The van der Waals surface area contributed by atoms with E-state index < -0.39 is 32.4 Å². The first-order valence-corrected chi connectivity index (χ1v) is 7.40. The molecule has 0 aromatic heterocycles. The predicted molar refractivity (Wildman–Crippen MR) is 75.4 cm³/mol. The molecule has 3 N–H and O–H groups in total. The van der Waals surface area contributed by atoms with Gasteiger partial charge in [-0.3, -0.25) is 14.8 Å². The average molecular weight is 317 g/mol. The van der Waals surface area contributed by atoms with E-state index in [9.17, 15) is 23.3 Å². The molecular formula is C11H15N3O6S. The zero-order valence-corrected chi connectivity index (χ0v) is 12.2. The van der Waals surface area contributed by atoms with Gasteiger partial charge in [0.05, 0.1) is 16.2 Å². The molecule has 1 aromatic carbocycles. The summed E-state index contributed by atoms with van der Waals surface area (Å²) in [5.74, 6) is -1.40. The van der Waals surface area contributed by atoms with Gasteiger partial charge in [0.1, 0.15) is 0 Å². The number of hydrogen-bond donors (Lipinski definition) is 3. The molecule has 21 heavy (non-hydrogen) atoms. The van der Waals surface area contributed by atoms with Crippen LogP contribution in [0.4, 0.5) is 11.4 Å². The van der Waals surface area contributed by atoms with Crippen LogP contribution >= 0.6 is 0 Å². The molecule has 1 aromatic rings. The number of carbonyl (C=O) groups is 1. The van der Waals surface area contributed by atoms with E-state index in [1.165, 1.54) is 0 Å².